The third-order valence-electron chi connectivity index (χ3n) is 5.46. The summed E-state index contributed by atoms with van der Waals surface area (Å²) in [5, 5.41) is 13.1. The van der Waals surface area contributed by atoms with Gasteiger partial charge >= 0.3 is 0 Å². The molecule has 0 radical (unpaired) electrons. The molecule has 0 unspecified atom stereocenters. The molecule has 26 heavy (non-hydrogen) atoms. The summed E-state index contributed by atoms with van der Waals surface area (Å²) in [5.41, 5.74) is 5.77. The van der Waals surface area contributed by atoms with E-state index in [1.54, 1.807) is 0 Å². The van der Waals surface area contributed by atoms with Crippen molar-refractivity contribution in [3.63, 3.8) is 0 Å². The Morgan fingerprint density at radius 2 is 1.23 bits per heavy atom. The van der Waals surface area contributed by atoms with Crippen molar-refractivity contribution < 1.29 is 5.11 Å². The van der Waals surface area contributed by atoms with Gasteiger partial charge in [-0.1, -0.05) is 72.8 Å². The van der Waals surface area contributed by atoms with E-state index in [9.17, 15) is 5.11 Å². The van der Waals surface area contributed by atoms with Crippen LogP contribution in [0.15, 0.2) is 84.9 Å². The molecule has 0 atom stereocenters. The molecule has 0 aromatic heterocycles. The van der Waals surface area contributed by atoms with Crippen LogP contribution in [0.3, 0.4) is 0 Å². The number of hydrogen-bond acceptors (Lipinski definition) is 2. The van der Waals surface area contributed by atoms with E-state index >= 15 is 0 Å². The van der Waals surface area contributed by atoms with Crippen LogP contribution in [0.5, 0.6) is 5.75 Å². The van der Waals surface area contributed by atoms with Crippen LogP contribution < -0.4 is 4.90 Å². The van der Waals surface area contributed by atoms with E-state index in [4.69, 9.17) is 0 Å². The molecule has 1 N–H and O–H groups in total. The minimum atomic E-state index is 0.0169. The van der Waals surface area contributed by atoms with Crippen LogP contribution in [0.4, 0.5) is 11.4 Å². The summed E-state index contributed by atoms with van der Waals surface area (Å²) in [6.07, 6.45) is 0. The molecule has 0 saturated carbocycles. The van der Waals surface area contributed by atoms with E-state index in [1.165, 1.54) is 22.5 Å². The van der Waals surface area contributed by atoms with Crippen molar-refractivity contribution in [2.45, 2.75) is 5.92 Å². The average Bonchev–Trinajstić information content (AvgIpc) is 2.70. The molecule has 1 aliphatic heterocycles. The molecule has 0 fully saturated rings. The summed E-state index contributed by atoms with van der Waals surface area (Å²) >= 11 is 0. The molecule has 126 valence electrons. The third kappa shape index (κ3) is 2.05. The highest BCUT2D eigenvalue weighted by molar-refractivity contribution is 5.90. The monoisotopic (exact) mass is 337 g/mol. The van der Waals surface area contributed by atoms with E-state index in [0.29, 0.717) is 5.75 Å². The van der Waals surface area contributed by atoms with E-state index in [-0.39, 0.29) is 5.92 Å². The highest BCUT2D eigenvalue weighted by atomic mass is 16.3. The molecule has 0 aliphatic carbocycles. The Labute approximate surface area is 153 Å². The maximum absolute atomic E-state index is 11.1. The van der Waals surface area contributed by atoms with Gasteiger partial charge in [-0.05, 0) is 28.6 Å². The minimum Gasteiger partial charge on any atom is -0.507 e. The second kappa shape index (κ2) is 5.63. The van der Waals surface area contributed by atoms with Crippen molar-refractivity contribution in [2.75, 3.05) is 11.9 Å². The van der Waals surface area contributed by atoms with E-state index in [0.717, 1.165) is 16.3 Å². The number of rotatable bonds is 1. The average molecular weight is 337 g/mol. The van der Waals surface area contributed by atoms with Gasteiger partial charge in [0.15, 0.2) is 0 Å². The lowest BCUT2D eigenvalue weighted by Gasteiger charge is -2.36. The predicted octanol–water partition coefficient (Wildman–Crippen LogP) is 5.81. The summed E-state index contributed by atoms with van der Waals surface area (Å²) in [6, 6.07) is 29.1. The first-order valence-corrected chi connectivity index (χ1v) is 8.88. The first-order valence-electron chi connectivity index (χ1n) is 8.88. The fourth-order valence-electron chi connectivity index (χ4n) is 4.21. The van der Waals surface area contributed by atoms with Gasteiger partial charge < -0.3 is 10.0 Å². The van der Waals surface area contributed by atoms with E-state index < -0.39 is 0 Å². The highest BCUT2D eigenvalue weighted by Crippen LogP contribution is 2.50. The maximum atomic E-state index is 11.1. The Hall–Kier alpha value is -3.26. The van der Waals surface area contributed by atoms with Gasteiger partial charge in [-0.15, -0.1) is 0 Å². The largest absolute Gasteiger partial charge is 0.507 e. The smallest absolute Gasteiger partial charge is 0.127 e. The summed E-state index contributed by atoms with van der Waals surface area (Å²) in [7, 11) is 2.11. The lowest BCUT2D eigenvalue weighted by atomic mass is 9.79. The quantitative estimate of drug-likeness (QED) is 0.474. The number of para-hydroxylation sites is 2. The van der Waals surface area contributed by atoms with Gasteiger partial charge in [-0.3, -0.25) is 0 Å². The normalized spacial score (nSPS) is 13.5. The van der Waals surface area contributed by atoms with Crippen molar-refractivity contribution in [1.29, 1.82) is 0 Å². The van der Waals surface area contributed by atoms with Gasteiger partial charge in [-0.2, -0.15) is 0 Å². The first-order chi connectivity index (χ1) is 12.8. The summed E-state index contributed by atoms with van der Waals surface area (Å²) < 4.78 is 0. The molecule has 5 rings (SSSR count). The molecule has 0 bridgehead atoms. The molecule has 4 aromatic rings. The van der Waals surface area contributed by atoms with Gasteiger partial charge in [0, 0.05) is 35.3 Å². The Bertz CT molecular complexity index is 1080. The molecular weight excluding hydrogens is 318 g/mol. The van der Waals surface area contributed by atoms with Crippen LogP contribution in [-0.4, -0.2) is 12.2 Å². The SMILES string of the molecule is CN1c2ccccc2C(c2ccc3ccccc3c2O)c2ccccc21. The third-order valence-corrected chi connectivity index (χ3v) is 5.46. The lowest BCUT2D eigenvalue weighted by molar-refractivity contribution is 0.473. The molecule has 0 spiro atoms. The van der Waals surface area contributed by atoms with E-state index in [2.05, 4.69) is 72.6 Å². The van der Waals surface area contributed by atoms with Crippen LogP contribution in [0.2, 0.25) is 0 Å². The number of phenolic OH excluding ortho intramolecular Hbond substituents is 1. The number of aromatic hydroxyl groups is 1. The molecule has 1 heterocycles. The van der Waals surface area contributed by atoms with Crippen molar-refractivity contribution in [3.05, 3.63) is 102 Å². The van der Waals surface area contributed by atoms with Crippen molar-refractivity contribution in [2.24, 2.45) is 0 Å². The Morgan fingerprint density at radius 1 is 0.654 bits per heavy atom. The zero-order valence-electron chi connectivity index (χ0n) is 14.6. The van der Waals surface area contributed by atoms with Gasteiger partial charge in [0.1, 0.15) is 5.75 Å². The maximum Gasteiger partial charge on any atom is 0.127 e. The van der Waals surface area contributed by atoms with Gasteiger partial charge in [0.05, 0.1) is 0 Å². The van der Waals surface area contributed by atoms with Crippen molar-refractivity contribution in [1.82, 2.24) is 0 Å². The summed E-state index contributed by atoms with van der Waals surface area (Å²) in [4.78, 5) is 2.24. The molecule has 1 aliphatic rings. The molecule has 4 aromatic carbocycles. The van der Waals surface area contributed by atoms with Crippen molar-refractivity contribution in [3.8, 4) is 5.75 Å². The number of nitrogens with zero attached hydrogens (tertiary/aromatic N) is 1. The molecule has 0 saturated heterocycles. The summed E-state index contributed by atoms with van der Waals surface area (Å²) in [5.74, 6) is 0.394. The Balaban J connectivity index is 1.83. The predicted molar refractivity (Wildman–Crippen MR) is 108 cm³/mol. The number of fused-ring (bicyclic) bond motifs is 3. The van der Waals surface area contributed by atoms with Crippen LogP contribution >= 0.6 is 0 Å². The number of benzene rings is 4. The van der Waals surface area contributed by atoms with Crippen LogP contribution in [0, 0.1) is 0 Å². The number of anilines is 2. The van der Waals surface area contributed by atoms with Gasteiger partial charge in [-0.25, -0.2) is 0 Å². The fourth-order valence-corrected chi connectivity index (χ4v) is 4.21. The molecule has 2 heteroatoms. The highest BCUT2D eigenvalue weighted by Gasteiger charge is 2.31. The second-order valence-corrected chi connectivity index (χ2v) is 6.83. The van der Waals surface area contributed by atoms with Crippen LogP contribution in [-0.2, 0) is 0 Å². The van der Waals surface area contributed by atoms with Crippen LogP contribution in [0.1, 0.15) is 22.6 Å². The number of hydrogen-bond donors (Lipinski definition) is 1. The fraction of sp³-hybridized carbons (Fsp3) is 0.0833. The minimum absolute atomic E-state index is 0.0169. The van der Waals surface area contributed by atoms with Gasteiger partial charge in [0.2, 0.25) is 0 Å². The first kappa shape index (κ1) is 15.0. The van der Waals surface area contributed by atoms with Gasteiger partial charge in [0.25, 0.3) is 0 Å². The zero-order valence-corrected chi connectivity index (χ0v) is 14.6. The van der Waals surface area contributed by atoms with E-state index in [1.807, 2.05) is 24.3 Å². The Kier molecular flexibility index (Phi) is 3.26. The molecule has 0 amide bonds. The summed E-state index contributed by atoms with van der Waals surface area (Å²) in [6.45, 7) is 0. The topological polar surface area (TPSA) is 23.5 Å². The molecule has 2 nitrogen and oxygen atoms in total. The molecular formula is C24H19NO. The Morgan fingerprint density at radius 3 is 1.92 bits per heavy atom. The second-order valence-electron chi connectivity index (χ2n) is 6.83. The van der Waals surface area contributed by atoms with Crippen molar-refractivity contribution >= 4 is 22.1 Å². The number of phenols is 1. The lowest BCUT2D eigenvalue weighted by Crippen LogP contribution is -2.22. The zero-order chi connectivity index (χ0) is 17.7. The standard InChI is InChI=1S/C24H19NO/c1-25-21-12-6-4-10-18(21)23(19-11-5-7-13-22(19)25)20-15-14-16-8-2-3-9-17(16)24(20)26/h2-15,23,26H,1H3. The van der Waals surface area contributed by atoms with Crippen LogP contribution in [0.25, 0.3) is 10.8 Å².